The second-order valence-corrected chi connectivity index (χ2v) is 8.45. The second kappa shape index (κ2) is 11.0. The highest BCUT2D eigenvalue weighted by Crippen LogP contribution is 2.18. The van der Waals surface area contributed by atoms with Crippen LogP contribution < -0.4 is 10.9 Å². The van der Waals surface area contributed by atoms with Gasteiger partial charge in [-0.15, -0.1) is 0 Å². The molecular formula is C24H29N3O2S. The van der Waals surface area contributed by atoms with Gasteiger partial charge in [0.1, 0.15) is 0 Å². The van der Waals surface area contributed by atoms with Crippen molar-refractivity contribution in [2.24, 2.45) is 0 Å². The first kappa shape index (κ1) is 22.1. The number of carbonyl (C=O) groups is 1. The Balaban J connectivity index is 1.62. The van der Waals surface area contributed by atoms with Gasteiger partial charge in [-0.25, -0.2) is 4.98 Å². The molecule has 0 aliphatic heterocycles. The number of nitrogens with zero attached hydrogens (tertiary/aromatic N) is 2. The number of amides is 1. The third kappa shape index (κ3) is 5.95. The SMILES string of the molecule is CCCCn1c(SCC(=O)N[C@H](C)CCc2ccccc2)nc2ccccc2c1=O. The standard InChI is InChI=1S/C24H29N3O2S/c1-3-4-16-27-23(29)20-12-8-9-13-21(20)26-24(27)30-17-22(28)25-18(2)14-15-19-10-6-5-7-11-19/h5-13,18H,3-4,14-17H2,1-2H3,(H,25,28)/t18-/m1/s1. The number of fused-ring (bicyclic) bond motifs is 1. The van der Waals surface area contributed by atoms with E-state index in [0.29, 0.717) is 22.6 Å². The van der Waals surface area contributed by atoms with Crippen molar-refractivity contribution < 1.29 is 4.79 Å². The number of thioether (sulfide) groups is 1. The number of aryl methyl sites for hydroxylation is 1. The van der Waals surface area contributed by atoms with Gasteiger partial charge in [0.05, 0.1) is 16.7 Å². The van der Waals surface area contributed by atoms with E-state index in [0.717, 1.165) is 25.7 Å². The monoisotopic (exact) mass is 423 g/mol. The lowest BCUT2D eigenvalue weighted by molar-refractivity contribution is -0.119. The van der Waals surface area contributed by atoms with Crippen molar-refractivity contribution in [3.05, 3.63) is 70.5 Å². The minimum Gasteiger partial charge on any atom is -0.353 e. The van der Waals surface area contributed by atoms with E-state index in [-0.39, 0.29) is 23.3 Å². The van der Waals surface area contributed by atoms with Crippen molar-refractivity contribution in [1.82, 2.24) is 14.9 Å². The molecule has 0 aliphatic rings. The van der Waals surface area contributed by atoms with Gasteiger partial charge in [0.25, 0.3) is 5.56 Å². The first-order valence-electron chi connectivity index (χ1n) is 10.5. The maximum Gasteiger partial charge on any atom is 0.262 e. The highest BCUT2D eigenvalue weighted by molar-refractivity contribution is 7.99. The number of unbranched alkanes of at least 4 members (excludes halogenated alkanes) is 1. The summed E-state index contributed by atoms with van der Waals surface area (Å²) in [5.41, 5.74) is 1.91. The fourth-order valence-corrected chi connectivity index (χ4v) is 4.15. The highest BCUT2D eigenvalue weighted by atomic mass is 32.2. The van der Waals surface area contributed by atoms with Crippen LogP contribution in [0.1, 0.15) is 38.7 Å². The van der Waals surface area contributed by atoms with Crippen LogP contribution in [0.4, 0.5) is 0 Å². The maximum atomic E-state index is 12.9. The number of aromatic nitrogens is 2. The smallest absolute Gasteiger partial charge is 0.262 e. The Hall–Kier alpha value is -2.60. The van der Waals surface area contributed by atoms with E-state index in [2.05, 4.69) is 29.4 Å². The molecule has 0 saturated carbocycles. The molecule has 1 amide bonds. The Morgan fingerprint density at radius 1 is 1.13 bits per heavy atom. The van der Waals surface area contributed by atoms with Gasteiger partial charge in [-0.1, -0.05) is 67.6 Å². The average Bonchev–Trinajstić information content (AvgIpc) is 2.76. The largest absolute Gasteiger partial charge is 0.353 e. The minimum atomic E-state index is -0.0370. The van der Waals surface area contributed by atoms with Gasteiger partial charge in [-0.3, -0.25) is 14.2 Å². The van der Waals surface area contributed by atoms with Crippen LogP contribution in [0.15, 0.2) is 64.5 Å². The van der Waals surface area contributed by atoms with Crippen molar-refractivity contribution in [2.75, 3.05) is 5.75 Å². The zero-order valence-electron chi connectivity index (χ0n) is 17.6. The third-order valence-corrected chi connectivity index (χ3v) is 5.99. The summed E-state index contributed by atoms with van der Waals surface area (Å²) in [7, 11) is 0. The quantitative estimate of drug-likeness (QED) is 0.387. The van der Waals surface area contributed by atoms with Crippen LogP contribution in [0.25, 0.3) is 10.9 Å². The second-order valence-electron chi connectivity index (χ2n) is 7.50. The zero-order chi connectivity index (χ0) is 21.3. The molecule has 1 aromatic heterocycles. The van der Waals surface area contributed by atoms with E-state index in [1.165, 1.54) is 17.3 Å². The van der Waals surface area contributed by atoms with Gasteiger partial charge < -0.3 is 5.32 Å². The fraction of sp³-hybridized carbons (Fsp3) is 0.375. The Morgan fingerprint density at radius 3 is 2.63 bits per heavy atom. The predicted molar refractivity (Wildman–Crippen MR) is 124 cm³/mol. The molecule has 158 valence electrons. The number of nitrogens with one attached hydrogen (secondary N) is 1. The summed E-state index contributed by atoms with van der Waals surface area (Å²) in [4.78, 5) is 30.0. The number of hydrogen-bond acceptors (Lipinski definition) is 4. The van der Waals surface area contributed by atoms with Crippen LogP contribution in [-0.2, 0) is 17.8 Å². The van der Waals surface area contributed by atoms with E-state index < -0.39 is 0 Å². The lowest BCUT2D eigenvalue weighted by Crippen LogP contribution is -2.34. The summed E-state index contributed by atoms with van der Waals surface area (Å²) < 4.78 is 1.71. The summed E-state index contributed by atoms with van der Waals surface area (Å²) in [5, 5.41) is 4.29. The van der Waals surface area contributed by atoms with Crippen LogP contribution >= 0.6 is 11.8 Å². The summed E-state index contributed by atoms with van der Waals surface area (Å²) in [5.74, 6) is 0.206. The van der Waals surface area contributed by atoms with E-state index in [1.807, 2.05) is 49.4 Å². The first-order chi connectivity index (χ1) is 14.6. The number of benzene rings is 2. The molecule has 0 bridgehead atoms. The van der Waals surface area contributed by atoms with Gasteiger partial charge in [-0.2, -0.15) is 0 Å². The molecule has 3 aromatic rings. The topological polar surface area (TPSA) is 64.0 Å². The number of carbonyl (C=O) groups excluding carboxylic acids is 1. The van der Waals surface area contributed by atoms with Crippen LogP contribution in [0, 0.1) is 0 Å². The van der Waals surface area contributed by atoms with E-state index in [9.17, 15) is 9.59 Å². The molecule has 0 saturated heterocycles. The number of rotatable bonds is 10. The van der Waals surface area contributed by atoms with E-state index >= 15 is 0 Å². The summed E-state index contributed by atoms with van der Waals surface area (Å²) >= 11 is 1.33. The van der Waals surface area contributed by atoms with Crippen LogP contribution in [0.3, 0.4) is 0 Å². The molecular weight excluding hydrogens is 394 g/mol. The molecule has 0 radical (unpaired) electrons. The van der Waals surface area contributed by atoms with Gasteiger partial charge in [-0.05, 0) is 43.9 Å². The lowest BCUT2D eigenvalue weighted by Gasteiger charge is -2.15. The Labute approximate surface area is 181 Å². The van der Waals surface area contributed by atoms with Crippen molar-refractivity contribution in [1.29, 1.82) is 0 Å². The molecule has 0 unspecified atom stereocenters. The average molecular weight is 424 g/mol. The molecule has 5 nitrogen and oxygen atoms in total. The molecule has 0 fully saturated rings. The van der Waals surface area contributed by atoms with E-state index in [4.69, 9.17) is 0 Å². The molecule has 0 spiro atoms. The Bertz CT molecular complexity index is 1030. The maximum absolute atomic E-state index is 12.9. The van der Waals surface area contributed by atoms with Gasteiger partial charge in [0.15, 0.2) is 5.16 Å². The molecule has 2 aromatic carbocycles. The highest BCUT2D eigenvalue weighted by Gasteiger charge is 2.14. The van der Waals surface area contributed by atoms with Crippen molar-refractivity contribution in [3.8, 4) is 0 Å². The van der Waals surface area contributed by atoms with Crippen LogP contribution in [-0.4, -0.2) is 27.3 Å². The zero-order valence-corrected chi connectivity index (χ0v) is 18.5. The van der Waals surface area contributed by atoms with Gasteiger partial charge in [0, 0.05) is 12.6 Å². The molecule has 1 N–H and O–H groups in total. The predicted octanol–water partition coefficient (Wildman–Crippen LogP) is 4.43. The van der Waals surface area contributed by atoms with Gasteiger partial charge in [0.2, 0.25) is 5.91 Å². The van der Waals surface area contributed by atoms with Gasteiger partial charge >= 0.3 is 0 Å². The summed E-state index contributed by atoms with van der Waals surface area (Å²) in [6.45, 7) is 4.73. The van der Waals surface area contributed by atoms with Crippen molar-refractivity contribution in [2.45, 2.75) is 57.3 Å². The first-order valence-corrected chi connectivity index (χ1v) is 11.5. The molecule has 0 aliphatic carbocycles. The molecule has 3 rings (SSSR count). The fourth-order valence-electron chi connectivity index (χ4n) is 3.32. The van der Waals surface area contributed by atoms with Crippen molar-refractivity contribution >= 4 is 28.6 Å². The molecule has 30 heavy (non-hydrogen) atoms. The Kier molecular flexibility index (Phi) is 8.08. The molecule has 1 atom stereocenters. The lowest BCUT2D eigenvalue weighted by atomic mass is 10.1. The summed E-state index contributed by atoms with van der Waals surface area (Å²) in [6, 6.07) is 17.7. The third-order valence-electron chi connectivity index (χ3n) is 5.01. The molecule has 1 heterocycles. The van der Waals surface area contributed by atoms with Crippen LogP contribution in [0.2, 0.25) is 0 Å². The normalized spacial score (nSPS) is 12.1. The number of hydrogen-bond donors (Lipinski definition) is 1. The van der Waals surface area contributed by atoms with E-state index in [1.54, 1.807) is 4.57 Å². The van der Waals surface area contributed by atoms with Crippen molar-refractivity contribution in [3.63, 3.8) is 0 Å². The number of para-hydroxylation sites is 1. The molecule has 6 heteroatoms. The minimum absolute atomic E-state index is 0.0341. The Morgan fingerprint density at radius 2 is 1.87 bits per heavy atom. The summed E-state index contributed by atoms with van der Waals surface area (Å²) in [6.07, 6.45) is 3.70. The van der Waals surface area contributed by atoms with Crippen LogP contribution in [0.5, 0.6) is 0 Å².